The van der Waals surface area contributed by atoms with E-state index in [4.69, 9.17) is 127 Å². The van der Waals surface area contributed by atoms with Crippen molar-refractivity contribution in [1.29, 1.82) is 0 Å². The van der Waals surface area contributed by atoms with Crippen molar-refractivity contribution in [2.45, 2.75) is 74.7 Å². The average Bonchev–Trinajstić information content (AvgIpc) is 4.42. The number of anilines is 1. The molecule has 6 aromatic carbocycles. The summed E-state index contributed by atoms with van der Waals surface area (Å²) in [6, 6.07) is 46.7. The van der Waals surface area contributed by atoms with Crippen molar-refractivity contribution in [2.75, 3.05) is 92.0 Å². The predicted molar refractivity (Wildman–Crippen MR) is 342 cm³/mol. The molecule has 2 aliphatic rings. The molecular formula is C64H80Cl8N2O8. The minimum absolute atomic E-state index is 0.00911. The van der Waals surface area contributed by atoms with Crippen LogP contribution < -0.4 is 10.2 Å². The van der Waals surface area contributed by atoms with E-state index in [-0.39, 0.29) is 36.6 Å². The summed E-state index contributed by atoms with van der Waals surface area (Å²) in [6.07, 6.45) is 5.20. The topological polar surface area (TPSA) is 125 Å². The van der Waals surface area contributed by atoms with Crippen LogP contribution in [-0.2, 0) is 30.2 Å². The van der Waals surface area contributed by atoms with Crippen molar-refractivity contribution in [1.82, 2.24) is 5.32 Å². The summed E-state index contributed by atoms with van der Waals surface area (Å²) >= 11 is 48.1. The van der Waals surface area contributed by atoms with Crippen molar-refractivity contribution in [3.8, 4) is 0 Å². The summed E-state index contributed by atoms with van der Waals surface area (Å²) in [6.45, 7) is 5.21. The fourth-order valence-electron chi connectivity index (χ4n) is 8.95. The molecule has 2 fully saturated rings. The van der Waals surface area contributed by atoms with Gasteiger partial charge in [-0.1, -0.05) is 148 Å². The van der Waals surface area contributed by atoms with E-state index < -0.39 is 6.10 Å². The van der Waals surface area contributed by atoms with E-state index in [1.165, 1.54) is 16.7 Å². The fourth-order valence-corrected chi connectivity index (χ4v) is 10.5. The van der Waals surface area contributed by atoms with E-state index in [1.807, 2.05) is 115 Å². The summed E-state index contributed by atoms with van der Waals surface area (Å²) in [5.74, 6) is 1.56. The van der Waals surface area contributed by atoms with Crippen LogP contribution in [0, 0.1) is 17.8 Å². The Kier molecular flexibility index (Phi) is 36.0. The Hall–Kier alpha value is -2.92. The number of ether oxygens (including phenoxy) is 5. The number of aliphatic hydroxyl groups is 3. The van der Waals surface area contributed by atoms with Crippen molar-refractivity contribution in [2.24, 2.45) is 17.8 Å². The lowest BCUT2D eigenvalue weighted by atomic mass is 9.89. The Morgan fingerprint density at radius 2 is 1.11 bits per heavy atom. The third-order valence-electron chi connectivity index (χ3n) is 13.6. The molecule has 10 nitrogen and oxygen atoms in total. The molecule has 2 aliphatic heterocycles. The average molecular weight is 1290 g/mol. The van der Waals surface area contributed by atoms with Crippen molar-refractivity contribution >= 4 is 98.5 Å². The van der Waals surface area contributed by atoms with Gasteiger partial charge in [0.1, 0.15) is 6.10 Å². The van der Waals surface area contributed by atoms with Crippen LogP contribution in [0.25, 0.3) is 0 Å². The number of benzene rings is 6. The number of alkyl halides is 2. The Balaban J connectivity index is 0.000000226. The molecule has 2 saturated heterocycles. The molecule has 2 heterocycles. The molecule has 8 atom stereocenters. The minimum Gasteiger partial charge on any atom is -0.396 e. The highest BCUT2D eigenvalue weighted by Crippen LogP contribution is 2.41. The van der Waals surface area contributed by atoms with Gasteiger partial charge in [-0.2, -0.15) is 0 Å². The number of methoxy groups -OCH3 is 4. The van der Waals surface area contributed by atoms with Gasteiger partial charge in [0.05, 0.1) is 73.9 Å². The SMILES string of the molecule is COCC(CCl)CCC(Cl)c1ccc(Cl)cc1.COCC(CO)CCC(O)c1ccc(Cl)cc1.COCC(CO)NCc1ccccc1.COC[C@@H]1CC[C@H](c2ccc(Cl)cc2)N(c2ccc(Cl)cc2Cl)C1.Clc1ccc(C2CO2)cc1. The van der Waals surface area contributed by atoms with Gasteiger partial charge in [0.25, 0.3) is 0 Å². The lowest BCUT2D eigenvalue weighted by Gasteiger charge is -2.42. The van der Waals surface area contributed by atoms with Crippen LogP contribution in [0.5, 0.6) is 0 Å². The maximum absolute atomic E-state index is 9.96. The maximum atomic E-state index is 9.96. The number of piperidine rings is 1. The highest BCUT2D eigenvalue weighted by Gasteiger charge is 2.31. The molecule has 18 heteroatoms. The van der Waals surface area contributed by atoms with E-state index in [0.717, 1.165) is 90.3 Å². The second-order valence-corrected chi connectivity index (χ2v) is 23.4. The van der Waals surface area contributed by atoms with Gasteiger partial charge in [0, 0.05) is 85.0 Å². The Morgan fingerprint density at radius 3 is 1.62 bits per heavy atom. The van der Waals surface area contributed by atoms with E-state index in [2.05, 4.69) is 22.3 Å². The van der Waals surface area contributed by atoms with Gasteiger partial charge in [0.2, 0.25) is 0 Å². The zero-order chi connectivity index (χ0) is 59.7. The normalized spacial score (nSPS) is 17.2. The Bertz CT molecular complexity index is 2530. The first-order valence-electron chi connectivity index (χ1n) is 27.3. The minimum atomic E-state index is -0.516. The van der Waals surface area contributed by atoms with E-state index in [0.29, 0.717) is 65.1 Å². The molecule has 0 spiro atoms. The van der Waals surface area contributed by atoms with Gasteiger partial charge in [-0.15, -0.1) is 23.2 Å². The van der Waals surface area contributed by atoms with Crippen LogP contribution in [-0.4, -0.2) is 108 Å². The molecule has 0 saturated carbocycles. The quantitative estimate of drug-likeness (QED) is 0.0325. The molecule has 0 radical (unpaired) electrons. The van der Waals surface area contributed by atoms with Crippen LogP contribution in [0.1, 0.15) is 90.0 Å². The van der Waals surface area contributed by atoms with Crippen LogP contribution in [0.15, 0.2) is 146 Å². The third kappa shape index (κ3) is 27.6. The van der Waals surface area contributed by atoms with Crippen LogP contribution in [0.4, 0.5) is 5.69 Å². The van der Waals surface area contributed by atoms with Gasteiger partial charge >= 0.3 is 0 Å². The maximum Gasteiger partial charge on any atom is 0.106 e. The molecule has 0 bridgehead atoms. The molecule has 4 N–H and O–H groups in total. The van der Waals surface area contributed by atoms with E-state index >= 15 is 0 Å². The number of halogens is 8. The lowest BCUT2D eigenvalue weighted by molar-refractivity contribution is 0.0878. The van der Waals surface area contributed by atoms with Crippen molar-refractivity contribution in [3.63, 3.8) is 0 Å². The van der Waals surface area contributed by atoms with E-state index in [9.17, 15) is 5.11 Å². The standard InChI is InChI=1S/C19H20Cl3NO.C13H17Cl3O.C13H19ClO3.C11H17NO2.C8H7ClO/c1-24-12-13-2-8-18(14-3-5-15(20)6-4-14)23(11-13)19-9-7-16(21)10-17(19)22;1-17-9-10(8-14)2-7-13(16)11-3-5-12(15)6-4-11;1-17-9-10(8-15)2-7-13(16)11-3-5-12(14)6-4-11;1-14-9-11(8-13)12-7-10-5-3-2-4-6-10;9-7-3-1-6(2-4-7)8-5-10-8/h3-7,9-10,13,18H,2,8,11-12H2,1H3;3-6,10,13H,2,7-9H2,1H3;3-6,10,13,15-16H,2,7-9H2,1H3;2-6,11-13H,7-9H2,1H3;1-4,8H,5H2/t13-,18-;;;;/m1..../s1. The summed E-state index contributed by atoms with van der Waals surface area (Å²) in [4.78, 5) is 2.37. The van der Waals surface area contributed by atoms with Crippen molar-refractivity contribution in [3.05, 3.63) is 204 Å². The van der Waals surface area contributed by atoms with Gasteiger partial charge < -0.3 is 49.2 Å². The zero-order valence-electron chi connectivity index (χ0n) is 47.1. The number of nitrogens with one attached hydrogen (secondary N) is 1. The van der Waals surface area contributed by atoms with Crippen LogP contribution in [0.3, 0.4) is 0 Å². The summed E-state index contributed by atoms with van der Waals surface area (Å²) in [5, 5.41) is 35.5. The highest BCUT2D eigenvalue weighted by molar-refractivity contribution is 6.36. The van der Waals surface area contributed by atoms with Gasteiger partial charge in [-0.3, -0.25) is 0 Å². The third-order valence-corrected chi connectivity index (χ3v) is 16.1. The number of rotatable bonds is 25. The van der Waals surface area contributed by atoms with Crippen LogP contribution >= 0.6 is 92.8 Å². The number of nitrogens with zero attached hydrogens (tertiary/aromatic N) is 1. The first-order chi connectivity index (χ1) is 39.6. The van der Waals surface area contributed by atoms with Gasteiger partial charge in [-0.05, 0) is 145 Å². The molecule has 6 unspecified atom stereocenters. The Labute approximate surface area is 527 Å². The number of aliphatic hydroxyl groups excluding tert-OH is 3. The molecule has 8 rings (SSSR count). The zero-order valence-corrected chi connectivity index (χ0v) is 53.2. The largest absolute Gasteiger partial charge is 0.396 e. The first kappa shape index (κ1) is 71.6. The molecule has 0 aliphatic carbocycles. The molecule has 82 heavy (non-hydrogen) atoms. The van der Waals surface area contributed by atoms with Crippen molar-refractivity contribution < 1.29 is 39.0 Å². The monoisotopic (exact) mass is 1280 g/mol. The molecular weight excluding hydrogens is 1210 g/mol. The highest BCUT2D eigenvalue weighted by atomic mass is 35.5. The second kappa shape index (κ2) is 41.2. The van der Waals surface area contributed by atoms with E-state index in [1.54, 1.807) is 46.6 Å². The summed E-state index contributed by atoms with van der Waals surface area (Å²) in [5.41, 5.74) is 6.65. The van der Waals surface area contributed by atoms with Crippen LogP contribution in [0.2, 0.25) is 30.1 Å². The first-order valence-corrected chi connectivity index (χ1v) is 30.6. The molecule has 450 valence electrons. The molecule has 0 aromatic heterocycles. The van der Waals surface area contributed by atoms with Gasteiger partial charge in [-0.25, -0.2) is 0 Å². The lowest BCUT2D eigenvalue weighted by Crippen LogP contribution is -2.39. The smallest absolute Gasteiger partial charge is 0.106 e. The predicted octanol–water partition coefficient (Wildman–Crippen LogP) is 16.8. The summed E-state index contributed by atoms with van der Waals surface area (Å²) < 4.78 is 25.5. The van der Waals surface area contributed by atoms with Gasteiger partial charge in [0.15, 0.2) is 0 Å². The number of hydrogen-bond donors (Lipinski definition) is 4. The fraction of sp³-hybridized carbons (Fsp3) is 0.438. The molecule has 0 amide bonds. The molecule has 6 aromatic rings. The second-order valence-electron chi connectivity index (χ2n) is 20.0. The number of epoxide rings is 1. The summed E-state index contributed by atoms with van der Waals surface area (Å²) in [7, 11) is 6.69. The Morgan fingerprint density at radius 1 is 0.585 bits per heavy atom. The number of hydrogen-bond acceptors (Lipinski definition) is 10.